The Bertz CT molecular complexity index is 89.0. The van der Waals surface area contributed by atoms with Crippen LogP contribution >= 0.6 is 8.25 Å². The van der Waals surface area contributed by atoms with Crippen LogP contribution in [0, 0.1) is 0 Å². The first-order valence-corrected chi connectivity index (χ1v) is 4.93. The average Bonchev–Trinajstić information content (AvgIpc) is 1.66. The van der Waals surface area contributed by atoms with E-state index in [-0.39, 0.29) is 0 Å². The van der Waals surface area contributed by atoms with Crippen molar-refractivity contribution in [3.8, 4) is 0 Å². The Morgan fingerprint density at radius 2 is 2.00 bits per heavy atom. The normalized spacial score (nSPS) is 8.89. The SMILES string of the molecule is O=[PH](O)O.[O-]O/C=[CH]\[In]. The first kappa shape index (κ1) is 12.2. The van der Waals surface area contributed by atoms with E-state index in [1.54, 1.807) is 3.83 Å². The molecule has 0 rings (SSSR count). The van der Waals surface area contributed by atoms with Crippen molar-refractivity contribution in [1.29, 1.82) is 0 Å². The molecule has 0 aliphatic rings. The minimum atomic E-state index is -3.13. The average molecular weight is 255 g/mol. The quantitative estimate of drug-likeness (QED) is 0.252. The van der Waals surface area contributed by atoms with Crippen LogP contribution in [0.25, 0.3) is 0 Å². The van der Waals surface area contributed by atoms with Gasteiger partial charge in [0.1, 0.15) is 0 Å². The van der Waals surface area contributed by atoms with Crippen molar-refractivity contribution in [2.75, 3.05) is 0 Å². The first-order valence-electron chi connectivity index (χ1n) is 1.72. The van der Waals surface area contributed by atoms with Gasteiger partial charge in [0.2, 0.25) is 0 Å². The molecule has 0 aromatic carbocycles. The van der Waals surface area contributed by atoms with Gasteiger partial charge in [-0.1, -0.05) is 0 Å². The van der Waals surface area contributed by atoms with E-state index in [9.17, 15) is 0 Å². The van der Waals surface area contributed by atoms with Crippen molar-refractivity contribution in [1.82, 2.24) is 0 Å². The van der Waals surface area contributed by atoms with Crippen molar-refractivity contribution in [2.45, 2.75) is 0 Å². The molecule has 0 atom stereocenters. The standard InChI is InChI=1S/C2H3O2.In.H3O3P/c1-2-4-3;;1-4(2)3/h1-3H;;4H,(H2,1,2,3)/p-1. The van der Waals surface area contributed by atoms with Gasteiger partial charge in [-0.25, -0.2) is 0 Å². The van der Waals surface area contributed by atoms with Gasteiger partial charge < -0.3 is 9.79 Å². The Kier molecular flexibility index (Phi) is 15.4. The second-order valence-corrected chi connectivity index (χ2v) is 2.37. The maximum atomic E-state index is 8.96. The molecule has 2 radical (unpaired) electrons. The molecular weight excluding hydrogens is 250 g/mol. The number of hydrogen-bond acceptors (Lipinski definition) is 3. The predicted molar refractivity (Wildman–Crippen MR) is 29.4 cm³/mol. The molecule has 9 heavy (non-hydrogen) atoms. The van der Waals surface area contributed by atoms with Crippen LogP contribution in [0.5, 0.6) is 0 Å². The molecule has 0 saturated heterocycles. The van der Waals surface area contributed by atoms with Gasteiger partial charge in [0.15, 0.2) is 0 Å². The van der Waals surface area contributed by atoms with Crippen LogP contribution in [-0.4, -0.2) is 34.2 Å². The Morgan fingerprint density at radius 1 is 1.67 bits per heavy atom. The zero-order chi connectivity index (χ0) is 7.70. The second kappa shape index (κ2) is 11.3. The molecule has 0 aromatic heterocycles. The van der Waals surface area contributed by atoms with Crippen molar-refractivity contribution in [2.24, 2.45) is 0 Å². The van der Waals surface area contributed by atoms with Crippen LogP contribution in [0.4, 0.5) is 0 Å². The fraction of sp³-hybridized carbons (Fsp3) is 0. The van der Waals surface area contributed by atoms with Crippen LogP contribution in [0.15, 0.2) is 10.1 Å². The summed E-state index contributed by atoms with van der Waals surface area (Å²) in [7, 11) is -3.13. The van der Waals surface area contributed by atoms with E-state index in [0.29, 0.717) is 0 Å². The van der Waals surface area contributed by atoms with Gasteiger partial charge in [0.25, 0.3) is 0 Å². The van der Waals surface area contributed by atoms with Gasteiger partial charge in [-0.05, 0) is 0 Å². The van der Waals surface area contributed by atoms with Crippen LogP contribution in [0.1, 0.15) is 0 Å². The summed E-state index contributed by atoms with van der Waals surface area (Å²) < 4.78 is 10.4. The Morgan fingerprint density at radius 3 is 2.00 bits per heavy atom. The summed E-state index contributed by atoms with van der Waals surface area (Å²) in [5, 5.41) is 8.96. The van der Waals surface area contributed by atoms with E-state index in [2.05, 4.69) is 4.89 Å². The summed E-state index contributed by atoms with van der Waals surface area (Å²) in [6.45, 7) is 0. The molecule has 5 nitrogen and oxygen atoms in total. The molecule has 2 N–H and O–H groups in total. The van der Waals surface area contributed by atoms with Crippen molar-refractivity contribution >= 4 is 32.6 Å². The fourth-order valence-corrected chi connectivity index (χ4v) is 0.215. The Labute approximate surface area is 67.4 Å². The van der Waals surface area contributed by atoms with Crippen molar-refractivity contribution < 1.29 is 24.5 Å². The summed E-state index contributed by atoms with van der Waals surface area (Å²) in [6.07, 6.45) is 1.13. The van der Waals surface area contributed by atoms with E-state index in [0.717, 1.165) is 30.6 Å². The zero-order valence-electron chi connectivity index (χ0n) is 4.35. The molecule has 0 unspecified atom stereocenters. The summed E-state index contributed by atoms with van der Waals surface area (Å²) in [6, 6.07) is 0. The Balaban J connectivity index is 0. The molecule has 0 aromatic rings. The van der Waals surface area contributed by atoms with E-state index in [1.807, 2.05) is 0 Å². The first-order chi connectivity index (χ1) is 4.15. The van der Waals surface area contributed by atoms with Gasteiger partial charge in [0, 0.05) is 0 Å². The van der Waals surface area contributed by atoms with Crippen LogP contribution in [0.3, 0.4) is 0 Å². The molecule has 0 amide bonds. The van der Waals surface area contributed by atoms with Crippen LogP contribution in [0.2, 0.25) is 0 Å². The third-order valence-corrected chi connectivity index (χ3v) is 0.583. The molecule has 52 valence electrons. The molecule has 0 saturated carbocycles. The summed E-state index contributed by atoms with van der Waals surface area (Å²) >= 11 is 0.945. The van der Waals surface area contributed by atoms with Crippen molar-refractivity contribution in [3.05, 3.63) is 10.1 Å². The van der Waals surface area contributed by atoms with Gasteiger partial charge in [-0.15, -0.1) is 0 Å². The molecule has 0 spiro atoms. The number of hydrogen-bond donors (Lipinski definition) is 2. The summed E-state index contributed by atoms with van der Waals surface area (Å²) in [5.74, 6) is 0. The van der Waals surface area contributed by atoms with Gasteiger partial charge >= 0.3 is 52.9 Å². The third kappa shape index (κ3) is 57.0. The number of rotatable bonds is 1. The monoisotopic (exact) mass is 255 g/mol. The topological polar surface area (TPSA) is 89.8 Å². The zero-order valence-corrected chi connectivity index (χ0v) is 8.65. The van der Waals surface area contributed by atoms with Gasteiger partial charge in [0.05, 0.1) is 0 Å². The predicted octanol–water partition coefficient (Wildman–Crippen LogP) is -1.72. The summed E-state index contributed by atoms with van der Waals surface area (Å²) in [5.41, 5.74) is 0. The Hall–Kier alpha value is 0.520. The van der Waals surface area contributed by atoms with Crippen LogP contribution < -0.4 is 5.26 Å². The fourth-order valence-electron chi connectivity index (χ4n) is 0.0321. The van der Waals surface area contributed by atoms with E-state index in [4.69, 9.17) is 19.6 Å². The molecule has 0 fully saturated rings. The molecule has 0 aliphatic heterocycles. The second-order valence-electron chi connectivity index (χ2n) is 0.707. The van der Waals surface area contributed by atoms with E-state index >= 15 is 0 Å². The molecular formula is C2H5InO5P-. The van der Waals surface area contributed by atoms with Gasteiger partial charge in [-0.2, -0.15) is 0 Å². The van der Waals surface area contributed by atoms with Crippen LogP contribution in [-0.2, 0) is 9.45 Å². The van der Waals surface area contributed by atoms with Crippen molar-refractivity contribution in [3.63, 3.8) is 0 Å². The molecule has 0 bridgehead atoms. The van der Waals surface area contributed by atoms with E-state index < -0.39 is 8.25 Å². The molecule has 7 heteroatoms. The van der Waals surface area contributed by atoms with Gasteiger partial charge in [-0.3, -0.25) is 4.57 Å². The molecule has 0 aliphatic carbocycles. The third-order valence-electron chi connectivity index (χ3n) is 0.134. The molecule has 0 heterocycles. The maximum absolute atomic E-state index is 8.96. The minimum absolute atomic E-state index is 0.945. The summed E-state index contributed by atoms with van der Waals surface area (Å²) in [4.78, 5) is 17.6. The van der Waals surface area contributed by atoms with E-state index in [1.165, 1.54) is 0 Å².